The number of hydrogen-bond acceptors (Lipinski definition) is 6. The zero-order valence-corrected chi connectivity index (χ0v) is 18.2. The molecular formula is C22H32N2O3S. The van der Waals surface area contributed by atoms with Gasteiger partial charge in [0.2, 0.25) is 5.75 Å². The number of ether oxygens (including phenoxy) is 3. The van der Waals surface area contributed by atoms with E-state index >= 15 is 0 Å². The van der Waals surface area contributed by atoms with Crippen molar-refractivity contribution >= 4 is 11.3 Å². The van der Waals surface area contributed by atoms with Gasteiger partial charge in [-0.05, 0) is 49.4 Å². The van der Waals surface area contributed by atoms with E-state index in [0.717, 1.165) is 30.3 Å². The van der Waals surface area contributed by atoms with E-state index in [4.69, 9.17) is 14.2 Å². The van der Waals surface area contributed by atoms with E-state index in [9.17, 15) is 0 Å². The van der Waals surface area contributed by atoms with Crippen molar-refractivity contribution in [2.75, 3.05) is 41.0 Å². The first-order valence-corrected chi connectivity index (χ1v) is 10.8. The van der Waals surface area contributed by atoms with E-state index in [2.05, 4.69) is 34.7 Å². The Hall–Kier alpha value is -1.76. The van der Waals surface area contributed by atoms with Crippen LogP contribution in [-0.2, 0) is 6.54 Å². The average Bonchev–Trinajstić information content (AvgIpc) is 3.25. The van der Waals surface area contributed by atoms with Crippen LogP contribution in [0.25, 0.3) is 0 Å². The van der Waals surface area contributed by atoms with Crippen molar-refractivity contribution in [2.45, 2.75) is 32.4 Å². The molecule has 154 valence electrons. The lowest BCUT2D eigenvalue weighted by Crippen LogP contribution is -2.40. The SMILES string of the molecule is COc1ccc(CNC[C@@H](c2cccs2)N2CCC(C)CC2)c(OC)c1OC. The molecule has 0 bridgehead atoms. The lowest BCUT2D eigenvalue weighted by atomic mass is 9.97. The summed E-state index contributed by atoms with van der Waals surface area (Å²) >= 11 is 1.85. The van der Waals surface area contributed by atoms with Crippen LogP contribution in [0.5, 0.6) is 17.2 Å². The Morgan fingerprint density at radius 2 is 1.82 bits per heavy atom. The molecule has 1 saturated heterocycles. The van der Waals surface area contributed by atoms with Crippen molar-refractivity contribution in [1.82, 2.24) is 10.2 Å². The van der Waals surface area contributed by atoms with E-state index in [0.29, 0.717) is 17.5 Å². The van der Waals surface area contributed by atoms with Gasteiger partial charge in [-0.3, -0.25) is 4.90 Å². The third-order valence-electron chi connectivity index (χ3n) is 5.57. The highest BCUT2D eigenvalue weighted by Crippen LogP contribution is 2.39. The molecule has 1 aliphatic heterocycles. The van der Waals surface area contributed by atoms with Crippen LogP contribution < -0.4 is 19.5 Å². The maximum absolute atomic E-state index is 5.61. The zero-order chi connectivity index (χ0) is 19.9. The van der Waals surface area contributed by atoms with Gasteiger partial charge in [-0.25, -0.2) is 0 Å². The highest BCUT2D eigenvalue weighted by atomic mass is 32.1. The Bertz CT molecular complexity index is 728. The molecule has 3 rings (SSSR count). The summed E-state index contributed by atoms with van der Waals surface area (Å²) in [5.41, 5.74) is 1.07. The summed E-state index contributed by atoms with van der Waals surface area (Å²) in [6, 6.07) is 8.79. The summed E-state index contributed by atoms with van der Waals surface area (Å²) in [4.78, 5) is 4.06. The molecule has 6 heteroatoms. The molecule has 0 radical (unpaired) electrons. The fraction of sp³-hybridized carbons (Fsp3) is 0.545. The number of nitrogens with one attached hydrogen (secondary N) is 1. The van der Waals surface area contributed by atoms with Crippen molar-refractivity contribution in [3.05, 3.63) is 40.1 Å². The van der Waals surface area contributed by atoms with E-state index in [1.165, 1.54) is 30.8 Å². The quantitative estimate of drug-likeness (QED) is 0.674. The van der Waals surface area contributed by atoms with Gasteiger partial charge < -0.3 is 19.5 Å². The van der Waals surface area contributed by atoms with Gasteiger partial charge in [0, 0.05) is 23.5 Å². The maximum Gasteiger partial charge on any atom is 0.203 e. The summed E-state index contributed by atoms with van der Waals surface area (Å²) < 4.78 is 16.5. The first-order valence-electron chi connectivity index (χ1n) is 9.94. The number of methoxy groups -OCH3 is 3. The minimum atomic E-state index is 0.415. The molecule has 1 fully saturated rings. The topological polar surface area (TPSA) is 43.0 Å². The summed E-state index contributed by atoms with van der Waals surface area (Å²) in [7, 11) is 4.95. The molecule has 2 aromatic rings. The molecule has 1 aromatic heterocycles. The Morgan fingerprint density at radius 1 is 1.07 bits per heavy atom. The summed E-state index contributed by atoms with van der Waals surface area (Å²) in [5.74, 6) is 2.89. The molecule has 28 heavy (non-hydrogen) atoms. The highest BCUT2D eigenvalue weighted by Gasteiger charge is 2.25. The second-order valence-corrected chi connectivity index (χ2v) is 8.35. The van der Waals surface area contributed by atoms with E-state index < -0.39 is 0 Å². The molecule has 1 atom stereocenters. The van der Waals surface area contributed by atoms with Gasteiger partial charge in [-0.2, -0.15) is 0 Å². The van der Waals surface area contributed by atoms with Crippen molar-refractivity contribution in [1.29, 1.82) is 0 Å². The lowest BCUT2D eigenvalue weighted by Gasteiger charge is -2.36. The van der Waals surface area contributed by atoms with Crippen molar-refractivity contribution in [3.63, 3.8) is 0 Å². The van der Waals surface area contributed by atoms with Crippen LogP contribution >= 0.6 is 11.3 Å². The number of thiophene rings is 1. The van der Waals surface area contributed by atoms with Gasteiger partial charge in [0.1, 0.15) is 0 Å². The molecule has 2 heterocycles. The molecule has 0 amide bonds. The Labute approximate surface area is 172 Å². The predicted octanol–water partition coefficient (Wildman–Crippen LogP) is 4.34. The molecule has 0 unspecified atom stereocenters. The summed E-state index contributed by atoms with van der Waals surface area (Å²) in [6.07, 6.45) is 2.57. The van der Waals surface area contributed by atoms with Crippen LogP contribution in [0.1, 0.15) is 36.2 Å². The molecule has 0 spiro atoms. The second kappa shape index (κ2) is 10.1. The first-order chi connectivity index (χ1) is 13.7. The van der Waals surface area contributed by atoms with E-state index in [1.807, 2.05) is 23.5 Å². The van der Waals surface area contributed by atoms with Crippen molar-refractivity contribution in [2.24, 2.45) is 5.92 Å². The molecule has 0 aliphatic carbocycles. The van der Waals surface area contributed by atoms with E-state index in [-0.39, 0.29) is 0 Å². The van der Waals surface area contributed by atoms with Crippen LogP contribution in [0.3, 0.4) is 0 Å². The molecule has 1 aromatic carbocycles. The molecule has 1 N–H and O–H groups in total. The number of hydrogen-bond donors (Lipinski definition) is 1. The third kappa shape index (κ3) is 4.80. The minimum absolute atomic E-state index is 0.415. The molecule has 0 saturated carbocycles. The van der Waals surface area contributed by atoms with Gasteiger partial charge in [-0.15, -0.1) is 11.3 Å². The normalized spacial score (nSPS) is 16.7. The Kier molecular flexibility index (Phi) is 7.59. The standard InChI is InChI=1S/C22H32N2O3S/c1-16-9-11-24(12-10-16)18(20-6-5-13-28-20)15-23-14-17-7-8-19(25-2)22(27-4)21(17)26-3/h5-8,13,16,18,23H,9-12,14-15H2,1-4H3/t18-/m0/s1. The van der Waals surface area contributed by atoms with Crippen molar-refractivity contribution < 1.29 is 14.2 Å². The minimum Gasteiger partial charge on any atom is -0.493 e. The van der Waals surface area contributed by atoms with Gasteiger partial charge in [0.05, 0.1) is 27.4 Å². The fourth-order valence-electron chi connectivity index (χ4n) is 3.88. The van der Waals surface area contributed by atoms with Crippen LogP contribution in [0.2, 0.25) is 0 Å². The Morgan fingerprint density at radius 3 is 2.43 bits per heavy atom. The highest BCUT2D eigenvalue weighted by molar-refractivity contribution is 7.10. The van der Waals surface area contributed by atoms with Gasteiger partial charge in [-0.1, -0.05) is 19.1 Å². The zero-order valence-electron chi connectivity index (χ0n) is 17.4. The fourth-order valence-corrected chi connectivity index (χ4v) is 4.74. The second-order valence-electron chi connectivity index (χ2n) is 7.37. The van der Waals surface area contributed by atoms with Crippen LogP contribution in [0, 0.1) is 5.92 Å². The number of rotatable bonds is 9. The van der Waals surface area contributed by atoms with Crippen molar-refractivity contribution in [3.8, 4) is 17.2 Å². The Balaban J connectivity index is 1.69. The smallest absolute Gasteiger partial charge is 0.203 e. The van der Waals surface area contributed by atoms with Crippen LogP contribution in [0.15, 0.2) is 29.6 Å². The molecule has 1 aliphatic rings. The van der Waals surface area contributed by atoms with Crippen LogP contribution in [0.4, 0.5) is 0 Å². The van der Waals surface area contributed by atoms with Gasteiger partial charge >= 0.3 is 0 Å². The predicted molar refractivity (Wildman–Crippen MR) is 115 cm³/mol. The summed E-state index contributed by atoms with van der Waals surface area (Å²) in [5, 5.41) is 5.82. The van der Waals surface area contributed by atoms with Gasteiger partial charge in [0.15, 0.2) is 11.5 Å². The number of piperidine rings is 1. The summed E-state index contributed by atoms with van der Waals surface area (Å²) in [6.45, 7) is 6.33. The molecular weight excluding hydrogens is 372 g/mol. The molecule has 5 nitrogen and oxygen atoms in total. The maximum atomic E-state index is 5.61. The van der Waals surface area contributed by atoms with Gasteiger partial charge in [0.25, 0.3) is 0 Å². The number of benzene rings is 1. The first kappa shape index (κ1) is 21.0. The monoisotopic (exact) mass is 404 g/mol. The van der Waals surface area contributed by atoms with Crippen LogP contribution in [-0.4, -0.2) is 45.9 Å². The largest absolute Gasteiger partial charge is 0.493 e. The third-order valence-corrected chi connectivity index (χ3v) is 6.54. The average molecular weight is 405 g/mol. The number of likely N-dealkylation sites (tertiary alicyclic amines) is 1. The number of nitrogens with zero attached hydrogens (tertiary/aromatic N) is 1. The lowest BCUT2D eigenvalue weighted by molar-refractivity contribution is 0.137. The van der Waals surface area contributed by atoms with E-state index in [1.54, 1.807) is 21.3 Å².